The Morgan fingerprint density at radius 1 is 0.388 bits per heavy atom. The Kier molecular flexibility index (Phi) is 14.6. The molecule has 0 aromatic heterocycles. The highest BCUT2D eigenvalue weighted by Crippen LogP contribution is 2.49. The minimum atomic E-state index is -5.14. The van der Waals surface area contributed by atoms with Crippen LogP contribution in [0.1, 0.15) is 0 Å². The first-order chi connectivity index (χ1) is 37.6. The van der Waals surface area contributed by atoms with Crippen LogP contribution in [0, 0.1) is 0 Å². The fourth-order valence-electron chi connectivity index (χ4n) is 8.38. The maximum absolute atomic E-state index is 12.9. The standard InChI is InChI=1S/C49H37N7O19S5/c1-73-29-10-7-26(8-11-29)50-27-9-14-32-25(17-27)18-45(80(70,71)72)48(49(32)57)56-55-47-35-16-13-31(77(61,62)63)22-37(35)40(24-42(47)75-3)53-54-46-34-15-12-30(76(58,59)60)21-36(34)39(23-41(46)74-2)52-51-28-19-38-33(44(20-28)79(67,68)69)5-4-6-43(38)78(64,65)66/h4-24,50,57H,1-3H3,(H,58,59,60)(H,61,62,63)(H,64,65,66)(H,67,68,69)(H,70,71,72). The van der Waals surface area contributed by atoms with Crippen molar-refractivity contribution in [2.24, 2.45) is 30.7 Å². The van der Waals surface area contributed by atoms with Gasteiger partial charge in [-0.2, -0.15) is 47.2 Å². The lowest BCUT2D eigenvalue weighted by Gasteiger charge is -2.13. The number of phenolic OH excluding ortho intramolecular Hbond substituents is 1. The Hall–Kier alpha value is -8.63. The molecule has 9 rings (SSSR count). The molecule has 0 atom stereocenters. The topological polar surface area (TPSA) is 406 Å². The number of hydrogen-bond acceptors (Lipinski definition) is 21. The van der Waals surface area contributed by atoms with Crippen LogP contribution >= 0.6 is 0 Å². The van der Waals surface area contributed by atoms with Gasteiger partial charge in [0.1, 0.15) is 49.0 Å². The van der Waals surface area contributed by atoms with E-state index in [9.17, 15) is 70.0 Å². The molecule has 0 fully saturated rings. The highest BCUT2D eigenvalue weighted by molar-refractivity contribution is 7.87. The predicted octanol–water partition coefficient (Wildman–Crippen LogP) is 11.3. The lowest BCUT2D eigenvalue weighted by molar-refractivity contribution is 0.415. The first-order valence-corrected chi connectivity index (χ1v) is 29.5. The van der Waals surface area contributed by atoms with Crippen LogP contribution in [0.5, 0.6) is 23.0 Å². The zero-order valence-corrected chi connectivity index (χ0v) is 44.9. The highest BCUT2D eigenvalue weighted by atomic mass is 32.2. The van der Waals surface area contributed by atoms with E-state index in [4.69, 9.17) is 14.2 Å². The van der Waals surface area contributed by atoms with E-state index in [1.54, 1.807) is 30.3 Å². The molecule has 0 radical (unpaired) electrons. The quantitative estimate of drug-likeness (QED) is 0.0349. The molecule has 0 spiro atoms. The summed E-state index contributed by atoms with van der Waals surface area (Å²) in [4.78, 5) is -3.76. The first kappa shape index (κ1) is 56.1. The van der Waals surface area contributed by atoms with E-state index in [-0.39, 0.29) is 77.3 Å². The van der Waals surface area contributed by atoms with Gasteiger partial charge in [-0.15, -0.1) is 25.6 Å². The van der Waals surface area contributed by atoms with Crippen LogP contribution in [-0.4, -0.2) is 91.3 Å². The molecule has 0 saturated heterocycles. The predicted molar refractivity (Wildman–Crippen MR) is 288 cm³/mol. The summed E-state index contributed by atoms with van der Waals surface area (Å²) in [5, 5.41) is 39.1. The number of anilines is 2. The largest absolute Gasteiger partial charge is 0.505 e. The molecule has 0 bridgehead atoms. The van der Waals surface area contributed by atoms with Gasteiger partial charge in [-0.25, -0.2) is 0 Å². The molecule has 26 nitrogen and oxygen atoms in total. The molecule has 9 aromatic carbocycles. The zero-order chi connectivity index (χ0) is 57.9. The summed E-state index contributed by atoms with van der Waals surface area (Å²) >= 11 is 0. The monoisotopic (exact) mass is 1190 g/mol. The van der Waals surface area contributed by atoms with Crippen LogP contribution in [-0.2, 0) is 50.6 Å². The molecular weight excluding hydrogens is 1150 g/mol. The van der Waals surface area contributed by atoms with E-state index in [0.717, 1.165) is 66.7 Å². The number of benzene rings is 9. The molecule has 31 heteroatoms. The highest BCUT2D eigenvalue weighted by Gasteiger charge is 2.26. The maximum atomic E-state index is 12.9. The number of azo groups is 3. The first-order valence-electron chi connectivity index (χ1n) is 22.3. The average Bonchev–Trinajstić information content (AvgIpc) is 3.41. The molecule has 9 aromatic rings. The Morgan fingerprint density at radius 3 is 1.40 bits per heavy atom. The molecule has 0 heterocycles. The van der Waals surface area contributed by atoms with Gasteiger partial charge >= 0.3 is 0 Å². The van der Waals surface area contributed by atoms with Crippen LogP contribution in [0.4, 0.5) is 45.5 Å². The summed E-state index contributed by atoms with van der Waals surface area (Å²) < 4.78 is 192. The van der Waals surface area contributed by atoms with Crippen molar-refractivity contribution in [3.63, 3.8) is 0 Å². The number of rotatable bonds is 16. The van der Waals surface area contributed by atoms with Gasteiger partial charge < -0.3 is 24.6 Å². The Labute approximate surface area is 453 Å². The van der Waals surface area contributed by atoms with Crippen LogP contribution in [0.3, 0.4) is 0 Å². The molecule has 0 aliphatic carbocycles. The number of nitrogens with zero attached hydrogens (tertiary/aromatic N) is 6. The Bertz CT molecular complexity index is 4790. The maximum Gasteiger partial charge on any atom is 0.296 e. The van der Waals surface area contributed by atoms with E-state index >= 15 is 0 Å². The van der Waals surface area contributed by atoms with Gasteiger partial charge in [0.05, 0.1) is 48.2 Å². The Morgan fingerprint density at radius 2 is 0.887 bits per heavy atom. The number of phenols is 1. The molecule has 80 heavy (non-hydrogen) atoms. The normalized spacial score (nSPS) is 12.9. The second kappa shape index (κ2) is 20.9. The molecule has 7 N–H and O–H groups in total. The number of aromatic hydroxyl groups is 1. The van der Waals surface area contributed by atoms with Gasteiger partial charge in [0, 0.05) is 61.2 Å². The minimum Gasteiger partial charge on any atom is -0.505 e. The smallest absolute Gasteiger partial charge is 0.296 e. The van der Waals surface area contributed by atoms with Crippen molar-refractivity contribution >= 4 is 139 Å². The number of hydrogen-bond donors (Lipinski definition) is 7. The summed E-state index contributed by atoms with van der Waals surface area (Å²) in [6.45, 7) is 0. The summed E-state index contributed by atoms with van der Waals surface area (Å²) in [7, 11) is -21.2. The lowest BCUT2D eigenvalue weighted by Crippen LogP contribution is -2.03. The molecular formula is C49H37N7O19S5. The van der Waals surface area contributed by atoms with E-state index in [2.05, 4.69) is 36.0 Å². The van der Waals surface area contributed by atoms with E-state index in [0.29, 0.717) is 17.1 Å². The van der Waals surface area contributed by atoms with Crippen LogP contribution in [0.15, 0.2) is 183 Å². The van der Waals surface area contributed by atoms with E-state index in [1.807, 2.05) is 0 Å². The van der Waals surface area contributed by atoms with Gasteiger partial charge in [-0.3, -0.25) is 22.8 Å². The van der Waals surface area contributed by atoms with E-state index in [1.165, 1.54) is 51.7 Å². The SMILES string of the molecule is COc1ccc(Nc2ccc3c(O)c(N=Nc4c(OC)cc(N=Nc5c(OC)cc(N=Nc6cc(S(=O)(=O)O)c7cccc(S(=O)(=O)O)c7c6)c6cc(S(=O)(=O)O)ccc56)c5cc(S(=O)(=O)O)ccc45)c(S(=O)(=O)O)cc3c2)cc1. The van der Waals surface area contributed by atoms with Crippen LogP contribution in [0.2, 0.25) is 0 Å². The van der Waals surface area contributed by atoms with E-state index < -0.39 is 92.2 Å². The minimum absolute atomic E-state index is 0.0184. The van der Waals surface area contributed by atoms with Gasteiger partial charge in [0.25, 0.3) is 50.6 Å². The second-order valence-corrected chi connectivity index (χ2v) is 24.0. The van der Waals surface area contributed by atoms with Gasteiger partial charge in [0.2, 0.25) is 0 Å². The Balaban J connectivity index is 1.18. The zero-order valence-electron chi connectivity index (χ0n) is 40.8. The third-order valence-electron chi connectivity index (χ3n) is 12.0. The average molecular weight is 1190 g/mol. The number of fused-ring (bicyclic) bond motifs is 4. The van der Waals surface area contributed by atoms with Crippen molar-refractivity contribution in [2.75, 3.05) is 26.6 Å². The number of methoxy groups -OCH3 is 3. The van der Waals surface area contributed by atoms with Crippen LogP contribution < -0.4 is 19.5 Å². The lowest BCUT2D eigenvalue weighted by atomic mass is 10.1. The third-order valence-corrected chi connectivity index (χ3v) is 16.4. The van der Waals surface area contributed by atoms with Gasteiger partial charge in [0.15, 0.2) is 5.75 Å². The molecule has 0 aliphatic rings. The summed E-state index contributed by atoms with van der Waals surface area (Å²) in [6.07, 6.45) is 0. The fraction of sp³-hybridized carbons (Fsp3) is 0.0612. The van der Waals surface area contributed by atoms with Crippen LogP contribution in [0.25, 0.3) is 43.1 Å². The molecule has 412 valence electrons. The van der Waals surface area contributed by atoms with Crippen molar-refractivity contribution in [3.8, 4) is 23.0 Å². The summed E-state index contributed by atoms with van der Waals surface area (Å²) in [5.74, 6) is -0.470. The molecule has 0 unspecified atom stereocenters. The van der Waals surface area contributed by atoms with Gasteiger partial charge in [-0.05, 0) is 96.4 Å². The van der Waals surface area contributed by atoms with Crippen molar-refractivity contribution in [2.45, 2.75) is 24.5 Å². The number of ether oxygens (including phenoxy) is 3. The summed E-state index contributed by atoms with van der Waals surface area (Å²) in [6, 6.07) is 26.2. The van der Waals surface area contributed by atoms with Crippen molar-refractivity contribution < 1.29 is 84.2 Å². The molecule has 0 saturated carbocycles. The fourth-order valence-corrected chi connectivity index (χ4v) is 11.5. The summed E-state index contributed by atoms with van der Waals surface area (Å²) in [5.41, 5.74) is -0.895. The van der Waals surface area contributed by atoms with Gasteiger partial charge in [-0.1, -0.05) is 24.3 Å². The van der Waals surface area contributed by atoms with Crippen molar-refractivity contribution in [1.29, 1.82) is 0 Å². The number of nitrogens with one attached hydrogen (secondary N) is 1. The van der Waals surface area contributed by atoms with Crippen molar-refractivity contribution in [1.82, 2.24) is 0 Å². The molecule has 0 aliphatic heterocycles. The third kappa shape index (κ3) is 11.3. The van der Waals surface area contributed by atoms with Crippen molar-refractivity contribution in [3.05, 3.63) is 127 Å². The second-order valence-electron chi connectivity index (χ2n) is 16.9. The molecule has 0 amide bonds.